The highest BCUT2D eigenvalue weighted by molar-refractivity contribution is 7.93. The molecule has 0 fully saturated rings. The Labute approximate surface area is 186 Å². The zero-order chi connectivity index (χ0) is 22.4. The fraction of sp³-hybridized carbons (Fsp3) is 0.130. The van der Waals surface area contributed by atoms with Gasteiger partial charge in [-0.05, 0) is 36.4 Å². The first-order valence-electron chi connectivity index (χ1n) is 9.03. The van der Waals surface area contributed by atoms with Gasteiger partial charge in [0.2, 0.25) is 0 Å². The third-order valence-electron chi connectivity index (χ3n) is 4.18. The van der Waals surface area contributed by atoms with Crippen LogP contribution in [0.4, 0.5) is 0 Å². The molecule has 1 heterocycles. The third-order valence-corrected chi connectivity index (χ3v) is 6.06. The molecule has 0 saturated heterocycles. The van der Waals surface area contributed by atoms with E-state index in [1.54, 1.807) is 56.7 Å². The Bertz CT molecular complexity index is 1300. The van der Waals surface area contributed by atoms with E-state index in [9.17, 15) is 9.00 Å². The number of hydrogen-bond donors (Lipinski definition) is 0. The van der Waals surface area contributed by atoms with Gasteiger partial charge in [0.15, 0.2) is 0 Å². The Kier molecular flexibility index (Phi) is 6.95. The number of ether oxygens (including phenoxy) is 2. The second-order valence-corrected chi connectivity index (χ2v) is 9.17. The van der Waals surface area contributed by atoms with Gasteiger partial charge in [-0.15, -0.1) is 0 Å². The molecule has 8 heteroatoms. The topological polar surface area (TPSA) is 77.9 Å². The lowest BCUT2D eigenvalue weighted by Crippen LogP contribution is -2.04. The number of aromatic nitrogens is 1. The molecule has 0 spiro atoms. The molecule has 31 heavy (non-hydrogen) atoms. The fourth-order valence-corrected chi connectivity index (χ4v) is 4.07. The maximum Gasteiger partial charge on any atom is 0.286 e. The molecule has 158 valence electrons. The van der Waals surface area contributed by atoms with Crippen LogP contribution in [0.15, 0.2) is 70.2 Å². The van der Waals surface area contributed by atoms with Crippen LogP contribution in [0.5, 0.6) is 11.5 Å². The van der Waals surface area contributed by atoms with Gasteiger partial charge in [0.25, 0.3) is 5.91 Å². The molecule has 3 aromatic rings. The minimum absolute atomic E-state index is 0.187. The maximum absolute atomic E-state index is 12.9. The number of hydrogen-bond acceptors (Lipinski definition) is 5. The van der Waals surface area contributed by atoms with E-state index >= 15 is 0 Å². The van der Waals surface area contributed by atoms with Crippen molar-refractivity contribution in [2.24, 2.45) is 4.36 Å². The van der Waals surface area contributed by atoms with E-state index in [0.29, 0.717) is 32.5 Å². The van der Waals surface area contributed by atoms with Crippen molar-refractivity contribution < 1.29 is 18.5 Å². The number of rotatable bonds is 4. The normalized spacial score (nSPS) is 12.1. The second kappa shape index (κ2) is 9.65. The zero-order valence-corrected chi connectivity index (χ0v) is 18.7. The highest BCUT2D eigenvalue weighted by Gasteiger charge is 2.12. The van der Waals surface area contributed by atoms with Gasteiger partial charge in [-0.1, -0.05) is 29.5 Å². The number of benzene rings is 2. The van der Waals surface area contributed by atoms with Crippen LogP contribution in [-0.2, 0) is 9.73 Å². The smallest absolute Gasteiger partial charge is 0.286 e. The van der Waals surface area contributed by atoms with Gasteiger partial charge >= 0.3 is 0 Å². The Morgan fingerprint density at radius 2 is 1.68 bits per heavy atom. The van der Waals surface area contributed by atoms with Crippen LogP contribution in [0.1, 0.15) is 21.5 Å². The molecule has 0 radical (unpaired) electrons. The van der Waals surface area contributed by atoms with E-state index in [-0.39, 0.29) is 5.56 Å². The summed E-state index contributed by atoms with van der Waals surface area (Å²) in [4.78, 5) is 17.0. The summed E-state index contributed by atoms with van der Waals surface area (Å²) in [6.07, 6.45) is 4.28. The van der Waals surface area contributed by atoms with Crippen LogP contribution in [0.2, 0.25) is 5.02 Å². The van der Waals surface area contributed by atoms with E-state index in [1.807, 2.05) is 0 Å². The number of pyridine rings is 1. The fourth-order valence-electron chi connectivity index (χ4n) is 2.62. The Morgan fingerprint density at radius 3 is 2.32 bits per heavy atom. The standard InChI is InChI=1S/C23H19ClN2O4S/c1-29-20-10-16(11-21(13-20)30-2)7-8-17-9-18(15-25-14-17)23(27)26-31(3,28)22-6-4-5-19(24)12-22/h4-6,9-15H,1-3H3. The van der Waals surface area contributed by atoms with Crippen molar-refractivity contribution in [3.8, 4) is 23.3 Å². The summed E-state index contributed by atoms with van der Waals surface area (Å²) in [7, 11) is 0.154. The van der Waals surface area contributed by atoms with Crippen molar-refractivity contribution in [3.63, 3.8) is 0 Å². The van der Waals surface area contributed by atoms with Crippen molar-refractivity contribution in [3.05, 3.63) is 82.6 Å². The molecule has 0 aliphatic carbocycles. The molecule has 0 aliphatic heterocycles. The summed E-state index contributed by atoms with van der Waals surface area (Å²) in [5, 5.41) is 0.419. The van der Waals surface area contributed by atoms with Crippen LogP contribution in [0, 0.1) is 11.8 Å². The van der Waals surface area contributed by atoms with Crippen LogP contribution in [0.25, 0.3) is 0 Å². The second-order valence-electron chi connectivity index (χ2n) is 6.47. The van der Waals surface area contributed by atoms with Crippen LogP contribution >= 0.6 is 11.6 Å². The van der Waals surface area contributed by atoms with E-state index < -0.39 is 15.6 Å². The van der Waals surface area contributed by atoms with Crippen LogP contribution in [-0.4, -0.2) is 35.6 Å². The summed E-state index contributed by atoms with van der Waals surface area (Å²) >= 11 is 5.96. The van der Waals surface area contributed by atoms with Gasteiger partial charge in [0, 0.05) is 45.8 Å². The third kappa shape index (κ3) is 5.85. The zero-order valence-electron chi connectivity index (χ0n) is 17.1. The van der Waals surface area contributed by atoms with Crippen molar-refractivity contribution >= 4 is 27.2 Å². The molecule has 3 rings (SSSR count). The lowest BCUT2D eigenvalue weighted by Gasteiger charge is -2.05. The average molecular weight is 455 g/mol. The van der Waals surface area contributed by atoms with E-state index in [2.05, 4.69) is 21.2 Å². The van der Waals surface area contributed by atoms with Gasteiger partial charge in [-0.3, -0.25) is 9.78 Å². The summed E-state index contributed by atoms with van der Waals surface area (Å²) in [6.45, 7) is 0. The van der Waals surface area contributed by atoms with E-state index in [4.69, 9.17) is 21.1 Å². The van der Waals surface area contributed by atoms with Crippen molar-refractivity contribution in [2.45, 2.75) is 4.90 Å². The van der Waals surface area contributed by atoms with Crippen molar-refractivity contribution in [1.82, 2.24) is 4.98 Å². The van der Waals surface area contributed by atoms with Crippen molar-refractivity contribution in [1.29, 1.82) is 0 Å². The van der Waals surface area contributed by atoms with Gasteiger partial charge in [0.05, 0.1) is 29.5 Å². The monoisotopic (exact) mass is 454 g/mol. The van der Waals surface area contributed by atoms with Gasteiger partial charge in [0.1, 0.15) is 11.5 Å². The van der Waals surface area contributed by atoms with Gasteiger partial charge in [-0.2, -0.15) is 4.36 Å². The molecule has 0 bridgehead atoms. The largest absolute Gasteiger partial charge is 0.497 e. The van der Waals surface area contributed by atoms with Gasteiger partial charge in [-0.25, -0.2) is 4.21 Å². The molecule has 0 aliphatic rings. The lowest BCUT2D eigenvalue weighted by atomic mass is 10.1. The SMILES string of the molecule is COc1cc(C#Cc2cncc(C(=O)N=S(C)(=O)c3cccc(Cl)c3)c2)cc(OC)c1. The summed E-state index contributed by atoms with van der Waals surface area (Å²) in [6, 6.07) is 13.3. The van der Waals surface area contributed by atoms with E-state index in [0.717, 1.165) is 0 Å². The Balaban J connectivity index is 1.90. The summed E-state index contributed by atoms with van der Waals surface area (Å²) in [5.74, 6) is 6.53. The molecule has 6 nitrogen and oxygen atoms in total. The minimum atomic E-state index is -2.96. The molecule has 1 atom stereocenters. The lowest BCUT2D eigenvalue weighted by molar-refractivity contribution is 0.100. The molecule has 2 aromatic carbocycles. The Hall–Kier alpha value is -3.34. The van der Waals surface area contributed by atoms with Crippen LogP contribution in [0.3, 0.4) is 0 Å². The summed E-state index contributed by atoms with van der Waals surface area (Å²) < 4.78 is 27.3. The number of nitrogens with zero attached hydrogens (tertiary/aromatic N) is 2. The molecule has 1 unspecified atom stereocenters. The first kappa shape index (κ1) is 22.3. The molecule has 1 amide bonds. The summed E-state index contributed by atoms with van der Waals surface area (Å²) in [5.41, 5.74) is 1.37. The first-order chi connectivity index (χ1) is 14.8. The molecular formula is C23H19ClN2O4S. The molecule has 0 saturated carbocycles. The highest BCUT2D eigenvalue weighted by Crippen LogP contribution is 2.22. The van der Waals surface area contributed by atoms with Crippen LogP contribution < -0.4 is 9.47 Å². The number of carbonyl (C=O) groups is 1. The number of methoxy groups -OCH3 is 2. The molecule has 1 aromatic heterocycles. The first-order valence-corrected chi connectivity index (χ1v) is 11.3. The van der Waals surface area contributed by atoms with Crippen molar-refractivity contribution in [2.75, 3.05) is 20.5 Å². The highest BCUT2D eigenvalue weighted by atomic mass is 35.5. The molecular weight excluding hydrogens is 436 g/mol. The number of carbonyl (C=O) groups excluding carboxylic acids is 1. The predicted octanol–water partition coefficient (Wildman–Crippen LogP) is 4.45. The molecule has 0 N–H and O–H groups in total. The minimum Gasteiger partial charge on any atom is -0.497 e. The Morgan fingerprint density at radius 1 is 1.00 bits per heavy atom. The van der Waals surface area contributed by atoms with E-state index in [1.165, 1.54) is 24.7 Å². The maximum atomic E-state index is 12.9. The van der Waals surface area contributed by atoms with Gasteiger partial charge < -0.3 is 9.47 Å². The number of halogens is 1. The average Bonchev–Trinajstić information content (AvgIpc) is 2.77. The quantitative estimate of drug-likeness (QED) is 0.544. The number of amides is 1. The predicted molar refractivity (Wildman–Crippen MR) is 120 cm³/mol.